The quantitative estimate of drug-likeness (QED) is 0.824. The molecular weight excluding hydrogens is 350 g/mol. The van der Waals surface area contributed by atoms with E-state index in [-0.39, 0.29) is 23.8 Å². The average molecular weight is 378 g/mol. The first-order chi connectivity index (χ1) is 12.7. The highest BCUT2D eigenvalue weighted by Gasteiger charge is 2.33. The lowest BCUT2D eigenvalue weighted by molar-refractivity contribution is -0.142. The van der Waals surface area contributed by atoms with Gasteiger partial charge in [-0.25, -0.2) is 4.98 Å². The predicted molar refractivity (Wildman–Crippen MR) is 99.1 cm³/mol. The Bertz CT molecular complexity index is 652. The van der Waals surface area contributed by atoms with E-state index in [4.69, 9.17) is 9.72 Å². The fourth-order valence-electron chi connectivity index (χ4n) is 3.78. The largest absolute Gasteiger partial charge is 0.368 e. The second-order valence-corrected chi connectivity index (χ2v) is 8.51. The van der Waals surface area contributed by atoms with Crippen molar-refractivity contribution in [3.05, 3.63) is 16.1 Å². The molecular formula is C19H27N3O3S. The van der Waals surface area contributed by atoms with Gasteiger partial charge in [0.1, 0.15) is 6.10 Å². The van der Waals surface area contributed by atoms with Crippen LogP contribution in [0.1, 0.15) is 55.1 Å². The molecule has 0 radical (unpaired) electrons. The van der Waals surface area contributed by atoms with E-state index in [0.717, 1.165) is 68.7 Å². The summed E-state index contributed by atoms with van der Waals surface area (Å²) < 4.78 is 5.56. The Kier molecular flexibility index (Phi) is 5.55. The number of ether oxygens (including phenoxy) is 1. The number of hydrogen-bond donors (Lipinski definition) is 1. The number of nitrogens with one attached hydrogen (secondary N) is 1. The van der Waals surface area contributed by atoms with E-state index in [0.29, 0.717) is 19.1 Å². The molecule has 0 spiro atoms. The third-order valence-electron chi connectivity index (χ3n) is 5.49. The second-order valence-electron chi connectivity index (χ2n) is 7.62. The van der Waals surface area contributed by atoms with Gasteiger partial charge in [-0.2, -0.15) is 0 Å². The molecule has 4 rings (SSSR count). The van der Waals surface area contributed by atoms with Crippen LogP contribution in [0.15, 0.2) is 5.38 Å². The van der Waals surface area contributed by atoms with Crippen molar-refractivity contribution in [3.63, 3.8) is 0 Å². The summed E-state index contributed by atoms with van der Waals surface area (Å²) in [6, 6.07) is 0. The standard InChI is InChI=1S/C19H27N3O3S/c23-17(13-5-6-13)20-8-7-15-12-26-18(21-15)14-3-1-9-22(11-14)19(24)16-4-2-10-25-16/h12-14,16H,1-11H2,(H,20,23)/t14-,16-/m0/s1. The van der Waals surface area contributed by atoms with Gasteiger partial charge in [0, 0.05) is 49.9 Å². The van der Waals surface area contributed by atoms with E-state index in [2.05, 4.69) is 10.7 Å². The van der Waals surface area contributed by atoms with E-state index in [9.17, 15) is 9.59 Å². The van der Waals surface area contributed by atoms with Gasteiger partial charge in [0.25, 0.3) is 5.91 Å². The van der Waals surface area contributed by atoms with Gasteiger partial charge >= 0.3 is 0 Å². The fourth-order valence-corrected chi connectivity index (χ4v) is 4.77. The number of amides is 2. The maximum absolute atomic E-state index is 12.6. The highest BCUT2D eigenvalue weighted by atomic mass is 32.1. The molecule has 2 aliphatic heterocycles. The molecule has 1 saturated carbocycles. The van der Waals surface area contributed by atoms with Gasteiger partial charge in [-0.1, -0.05) is 0 Å². The molecule has 26 heavy (non-hydrogen) atoms. The fraction of sp³-hybridized carbons (Fsp3) is 0.737. The van der Waals surface area contributed by atoms with Crippen molar-refractivity contribution in [3.8, 4) is 0 Å². The summed E-state index contributed by atoms with van der Waals surface area (Å²) >= 11 is 1.69. The highest BCUT2D eigenvalue weighted by Crippen LogP contribution is 2.31. The number of thiazole rings is 1. The van der Waals surface area contributed by atoms with Crippen LogP contribution in [0.4, 0.5) is 0 Å². The first-order valence-electron chi connectivity index (χ1n) is 9.83. The van der Waals surface area contributed by atoms with Crippen molar-refractivity contribution in [2.75, 3.05) is 26.2 Å². The van der Waals surface area contributed by atoms with Gasteiger partial charge in [0.2, 0.25) is 5.91 Å². The molecule has 2 atom stereocenters. The van der Waals surface area contributed by atoms with Crippen molar-refractivity contribution in [1.29, 1.82) is 0 Å². The molecule has 3 fully saturated rings. The zero-order valence-corrected chi connectivity index (χ0v) is 15.9. The van der Waals surface area contributed by atoms with Crippen LogP contribution in [-0.2, 0) is 20.7 Å². The summed E-state index contributed by atoms with van der Waals surface area (Å²) in [6.45, 7) is 2.96. The number of piperidine rings is 1. The van der Waals surface area contributed by atoms with E-state index >= 15 is 0 Å². The lowest BCUT2D eigenvalue weighted by Gasteiger charge is -2.33. The number of nitrogens with zero attached hydrogens (tertiary/aromatic N) is 2. The summed E-state index contributed by atoms with van der Waals surface area (Å²) in [7, 11) is 0. The summed E-state index contributed by atoms with van der Waals surface area (Å²) in [6.07, 6.45) is 6.58. The van der Waals surface area contributed by atoms with Crippen LogP contribution in [-0.4, -0.2) is 54.0 Å². The molecule has 1 aromatic heterocycles. The smallest absolute Gasteiger partial charge is 0.251 e. The minimum absolute atomic E-state index is 0.159. The topological polar surface area (TPSA) is 71.5 Å². The van der Waals surface area contributed by atoms with Gasteiger partial charge in [-0.15, -0.1) is 11.3 Å². The van der Waals surface area contributed by atoms with Crippen molar-refractivity contribution < 1.29 is 14.3 Å². The van der Waals surface area contributed by atoms with E-state index in [1.54, 1.807) is 11.3 Å². The normalized spacial score (nSPS) is 26.1. The van der Waals surface area contributed by atoms with Crippen molar-refractivity contribution in [1.82, 2.24) is 15.2 Å². The monoisotopic (exact) mass is 377 g/mol. The number of likely N-dealkylation sites (tertiary alicyclic amines) is 1. The maximum atomic E-state index is 12.6. The summed E-state index contributed by atoms with van der Waals surface area (Å²) in [5.74, 6) is 0.937. The Hall–Kier alpha value is -1.47. The molecule has 142 valence electrons. The minimum atomic E-state index is -0.226. The van der Waals surface area contributed by atoms with Crippen molar-refractivity contribution in [2.24, 2.45) is 5.92 Å². The first-order valence-corrected chi connectivity index (χ1v) is 10.7. The molecule has 3 aliphatic rings. The molecule has 6 nitrogen and oxygen atoms in total. The summed E-state index contributed by atoms with van der Waals surface area (Å²) in [5.41, 5.74) is 1.05. The van der Waals surface area contributed by atoms with Gasteiger partial charge in [0.15, 0.2) is 0 Å². The molecule has 0 aromatic carbocycles. The van der Waals surface area contributed by atoms with Crippen LogP contribution >= 0.6 is 11.3 Å². The van der Waals surface area contributed by atoms with Crippen LogP contribution in [0.5, 0.6) is 0 Å². The zero-order valence-electron chi connectivity index (χ0n) is 15.1. The number of carbonyl (C=O) groups is 2. The molecule has 1 aromatic rings. The van der Waals surface area contributed by atoms with E-state index in [1.807, 2.05) is 4.90 Å². The summed E-state index contributed by atoms with van der Waals surface area (Å²) in [4.78, 5) is 31.0. The Labute approximate surface area is 158 Å². The van der Waals surface area contributed by atoms with Crippen LogP contribution in [0.2, 0.25) is 0 Å². The predicted octanol–water partition coefficient (Wildman–Crippen LogP) is 2.10. The van der Waals surface area contributed by atoms with Crippen LogP contribution in [0.3, 0.4) is 0 Å². The molecule has 2 amide bonds. The number of hydrogen-bond acceptors (Lipinski definition) is 5. The summed E-state index contributed by atoms with van der Waals surface area (Å²) in [5, 5.41) is 6.21. The van der Waals surface area contributed by atoms with Crippen molar-refractivity contribution >= 4 is 23.2 Å². The Morgan fingerprint density at radius 2 is 2.15 bits per heavy atom. The Balaban J connectivity index is 1.28. The molecule has 3 heterocycles. The molecule has 0 unspecified atom stereocenters. The lowest BCUT2D eigenvalue weighted by Crippen LogP contribution is -2.44. The number of rotatable bonds is 6. The van der Waals surface area contributed by atoms with Crippen LogP contribution in [0, 0.1) is 5.92 Å². The molecule has 1 N–H and O–H groups in total. The Morgan fingerprint density at radius 3 is 2.92 bits per heavy atom. The van der Waals surface area contributed by atoms with Gasteiger partial charge in [-0.3, -0.25) is 9.59 Å². The number of carbonyl (C=O) groups excluding carboxylic acids is 2. The SMILES string of the molecule is O=C(NCCc1csc([C@H]2CCCN(C(=O)[C@@H]3CCCO3)C2)n1)C1CC1. The van der Waals surface area contributed by atoms with Gasteiger partial charge < -0.3 is 15.0 Å². The van der Waals surface area contributed by atoms with Crippen LogP contribution < -0.4 is 5.32 Å². The molecule has 2 saturated heterocycles. The van der Waals surface area contributed by atoms with E-state index in [1.165, 1.54) is 0 Å². The van der Waals surface area contributed by atoms with Crippen molar-refractivity contribution in [2.45, 2.75) is 57.0 Å². The van der Waals surface area contributed by atoms with Gasteiger partial charge in [0.05, 0.1) is 10.7 Å². The zero-order chi connectivity index (χ0) is 17.9. The second kappa shape index (κ2) is 8.05. The van der Waals surface area contributed by atoms with Crippen LogP contribution in [0.25, 0.3) is 0 Å². The number of aromatic nitrogens is 1. The Morgan fingerprint density at radius 1 is 1.27 bits per heavy atom. The highest BCUT2D eigenvalue weighted by molar-refractivity contribution is 7.09. The lowest BCUT2D eigenvalue weighted by atomic mass is 9.98. The molecule has 0 bridgehead atoms. The minimum Gasteiger partial charge on any atom is -0.368 e. The molecule has 1 aliphatic carbocycles. The first kappa shape index (κ1) is 17.9. The average Bonchev–Trinajstić information content (AvgIpc) is 3.18. The van der Waals surface area contributed by atoms with E-state index < -0.39 is 0 Å². The molecule has 7 heteroatoms. The third-order valence-corrected chi connectivity index (χ3v) is 6.54. The third kappa shape index (κ3) is 4.26. The van der Waals surface area contributed by atoms with Gasteiger partial charge in [-0.05, 0) is 38.5 Å². The maximum Gasteiger partial charge on any atom is 0.251 e.